The SMILES string of the molecule is CCCOc1c(OC/C=C/CNO)cc([C@H]2CC[C@H](c3cc(OC)c(OC)c(OC)c3)O2)cc1S(C)(=O)=O. The van der Waals surface area contributed by atoms with Gasteiger partial charge in [-0.1, -0.05) is 19.1 Å². The van der Waals surface area contributed by atoms with Crippen LogP contribution in [0.25, 0.3) is 0 Å². The number of sulfone groups is 1. The van der Waals surface area contributed by atoms with Gasteiger partial charge in [-0.2, -0.15) is 0 Å². The molecular formula is C27H37NO9S. The monoisotopic (exact) mass is 551 g/mol. The van der Waals surface area contributed by atoms with Crippen LogP contribution in [0.4, 0.5) is 0 Å². The van der Waals surface area contributed by atoms with Crippen LogP contribution in [-0.2, 0) is 14.6 Å². The fourth-order valence-corrected chi connectivity index (χ4v) is 5.12. The van der Waals surface area contributed by atoms with E-state index in [0.29, 0.717) is 54.4 Å². The van der Waals surface area contributed by atoms with Crippen molar-refractivity contribution in [3.8, 4) is 28.7 Å². The van der Waals surface area contributed by atoms with Crippen LogP contribution in [0.5, 0.6) is 28.7 Å². The van der Waals surface area contributed by atoms with Crippen molar-refractivity contribution in [1.82, 2.24) is 5.48 Å². The first-order chi connectivity index (χ1) is 18.3. The van der Waals surface area contributed by atoms with Crippen molar-refractivity contribution in [2.45, 2.75) is 43.3 Å². The fourth-order valence-electron chi connectivity index (χ4n) is 4.27. The zero-order valence-electron chi connectivity index (χ0n) is 22.5. The van der Waals surface area contributed by atoms with E-state index in [0.717, 1.165) is 11.8 Å². The molecule has 2 aromatic rings. The third kappa shape index (κ3) is 7.10. The largest absolute Gasteiger partial charge is 0.493 e. The van der Waals surface area contributed by atoms with E-state index in [4.69, 9.17) is 33.6 Å². The summed E-state index contributed by atoms with van der Waals surface area (Å²) in [4.78, 5) is 0.0549. The molecule has 210 valence electrons. The summed E-state index contributed by atoms with van der Waals surface area (Å²) in [6, 6.07) is 7.11. The molecule has 2 atom stereocenters. The molecule has 0 unspecified atom stereocenters. The second kappa shape index (κ2) is 13.7. The van der Waals surface area contributed by atoms with Gasteiger partial charge in [0.1, 0.15) is 11.5 Å². The van der Waals surface area contributed by atoms with Crippen LogP contribution in [0.2, 0.25) is 0 Å². The minimum Gasteiger partial charge on any atom is -0.493 e. The van der Waals surface area contributed by atoms with Crippen LogP contribution >= 0.6 is 0 Å². The Kier molecular flexibility index (Phi) is 10.7. The van der Waals surface area contributed by atoms with Crippen LogP contribution in [0.15, 0.2) is 41.3 Å². The summed E-state index contributed by atoms with van der Waals surface area (Å²) in [5, 5.41) is 8.73. The van der Waals surface area contributed by atoms with Gasteiger partial charge in [0.15, 0.2) is 32.8 Å². The van der Waals surface area contributed by atoms with Crippen LogP contribution in [0.1, 0.15) is 49.5 Å². The number of hydrogen-bond acceptors (Lipinski definition) is 10. The first-order valence-electron chi connectivity index (χ1n) is 12.4. The van der Waals surface area contributed by atoms with E-state index in [1.54, 1.807) is 45.6 Å². The van der Waals surface area contributed by atoms with Crippen molar-refractivity contribution in [2.24, 2.45) is 0 Å². The standard InChI is InChI=1S/C27H37NO9S/c1-6-12-36-27-24(35-13-8-7-11-28-29)16-19(17-25(27)38(5,30)31)21-10-9-20(37-21)18-14-22(32-2)26(34-4)23(15-18)33-3/h7-8,14-17,20-21,28-29H,6,9-13H2,1-5H3/b8-7+/t20-,21-/m1/s1. The predicted molar refractivity (Wildman–Crippen MR) is 142 cm³/mol. The molecule has 0 radical (unpaired) electrons. The van der Waals surface area contributed by atoms with Gasteiger partial charge >= 0.3 is 0 Å². The number of rotatable bonds is 14. The second-order valence-corrected chi connectivity index (χ2v) is 10.7. The maximum absolute atomic E-state index is 12.8. The predicted octanol–water partition coefficient (Wildman–Crippen LogP) is 4.41. The van der Waals surface area contributed by atoms with Crippen molar-refractivity contribution >= 4 is 9.84 Å². The molecule has 0 amide bonds. The highest BCUT2D eigenvalue weighted by Gasteiger charge is 2.32. The summed E-state index contributed by atoms with van der Waals surface area (Å²) in [5.41, 5.74) is 3.58. The molecule has 0 aliphatic carbocycles. The van der Waals surface area contributed by atoms with Crippen molar-refractivity contribution in [3.63, 3.8) is 0 Å². The first kappa shape index (κ1) is 29.6. The molecule has 1 fully saturated rings. The Morgan fingerprint density at radius 1 is 0.921 bits per heavy atom. The Morgan fingerprint density at radius 2 is 1.53 bits per heavy atom. The number of ether oxygens (including phenoxy) is 6. The molecule has 0 saturated carbocycles. The summed E-state index contributed by atoms with van der Waals surface area (Å²) in [6.45, 7) is 2.70. The van der Waals surface area contributed by atoms with E-state index in [9.17, 15) is 8.42 Å². The zero-order chi connectivity index (χ0) is 27.7. The molecule has 1 aliphatic heterocycles. The van der Waals surface area contributed by atoms with Crippen molar-refractivity contribution in [3.05, 3.63) is 47.5 Å². The maximum Gasteiger partial charge on any atom is 0.203 e. The molecular weight excluding hydrogens is 514 g/mol. The Bertz CT molecular complexity index is 1190. The van der Waals surface area contributed by atoms with E-state index < -0.39 is 9.84 Å². The van der Waals surface area contributed by atoms with Gasteiger partial charge in [0.25, 0.3) is 0 Å². The lowest BCUT2D eigenvalue weighted by atomic mass is 10.0. The number of methoxy groups -OCH3 is 3. The Hall–Kier alpha value is -2.99. The number of hydrogen-bond donors (Lipinski definition) is 2. The first-order valence-corrected chi connectivity index (χ1v) is 14.3. The Balaban J connectivity index is 1.96. The Labute approximate surface area is 224 Å². The molecule has 11 heteroatoms. The van der Waals surface area contributed by atoms with Crippen molar-refractivity contribution < 1.29 is 42.0 Å². The molecule has 1 saturated heterocycles. The molecule has 1 heterocycles. The second-order valence-electron chi connectivity index (χ2n) is 8.76. The number of nitrogens with one attached hydrogen (secondary N) is 1. The van der Waals surface area contributed by atoms with Gasteiger partial charge in [-0.05, 0) is 54.7 Å². The average molecular weight is 552 g/mol. The summed E-state index contributed by atoms with van der Waals surface area (Å²) in [6.07, 6.45) is 6.01. The molecule has 0 bridgehead atoms. The molecule has 38 heavy (non-hydrogen) atoms. The fraction of sp³-hybridized carbons (Fsp3) is 0.481. The minimum atomic E-state index is -3.64. The summed E-state index contributed by atoms with van der Waals surface area (Å²) < 4.78 is 60.1. The minimum absolute atomic E-state index is 0.0549. The summed E-state index contributed by atoms with van der Waals surface area (Å²) in [5.74, 6) is 2.07. The molecule has 2 aromatic carbocycles. The highest BCUT2D eigenvalue weighted by molar-refractivity contribution is 7.90. The lowest BCUT2D eigenvalue weighted by Crippen LogP contribution is -2.10. The van der Waals surface area contributed by atoms with E-state index in [1.807, 2.05) is 24.5 Å². The summed E-state index contributed by atoms with van der Waals surface area (Å²) in [7, 11) is 1.03. The van der Waals surface area contributed by atoms with Crippen LogP contribution in [-0.4, -0.2) is 61.0 Å². The van der Waals surface area contributed by atoms with Crippen molar-refractivity contribution in [2.75, 3.05) is 47.3 Å². The van der Waals surface area contributed by atoms with E-state index >= 15 is 0 Å². The van der Waals surface area contributed by atoms with Gasteiger partial charge in [0.2, 0.25) is 5.75 Å². The third-order valence-corrected chi connectivity index (χ3v) is 7.16. The smallest absolute Gasteiger partial charge is 0.203 e. The third-order valence-electron chi connectivity index (χ3n) is 6.05. The van der Waals surface area contributed by atoms with Crippen LogP contribution in [0.3, 0.4) is 0 Å². The van der Waals surface area contributed by atoms with Gasteiger partial charge in [-0.3, -0.25) is 0 Å². The van der Waals surface area contributed by atoms with Gasteiger partial charge in [0, 0.05) is 12.8 Å². The zero-order valence-corrected chi connectivity index (χ0v) is 23.3. The van der Waals surface area contributed by atoms with E-state index in [1.165, 1.54) is 0 Å². The average Bonchev–Trinajstić information content (AvgIpc) is 3.40. The highest BCUT2D eigenvalue weighted by Crippen LogP contribution is 2.48. The molecule has 1 aliphatic rings. The van der Waals surface area contributed by atoms with Gasteiger partial charge in [0.05, 0.1) is 40.1 Å². The van der Waals surface area contributed by atoms with Crippen LogP contribution in [0, 0.1) is 0 Å². The number of benzene rings is 2. The van der Waals surface area contributed by atoms with Gasteiger partial charge in [-0.25, -0.2) is 13.9 Å². The Morgan fingerprint density at radius 3 is 2.05 bits per heavy atom. The highest BCUT2D eigenvalue weighted by atomic mass is 32.2. The van der Waals surface area contributed by atoms with Crippen LogP contribution < -0.4 is 29.2 Å². The summed E-state index contributed by atoms with van der Waals surface area (Å²) >= 11 is 0. The number of hydroxylamine groups is 1. The van der Waals surface area contributed by atoms with Gasteiger partial charge < -0.3 is 33.6 Å². The van der Waals surface area contributed by atoms with Gasteiger partial charge in [-0.15, -0.1) is 0 Å². The topological polar surface area (TPSA) is 122 Å². The molecule has 0 aromatic heterocycles. The van der Waals surface area contributed by atoms with E-state index in [2.05, 4.69) is 0 Å². The molecule has 0 spiro atoms. The molecule has 3 rings (SSSR count). The van der Waals surface area contributed by atoms with E-state index in [-0.39, 0.29) is 36.0 Å². The maximum atomic E-state index is 12.8. The molecule has 2 N–H and O–H groups in total. The lowest BCUT2D eigenvalue weighted by Gasteiger charge is -2.20. The van der Waals surface area contributed by atoms with Crippen molar-refractivity contribution in [1.29, 1.82) is 0 Å². The normalized spacial score (nSPS) is 17.5. The quantitative estimate of drug-likeness (QED) is 0.258. The lowest BCUT2D eigenvalue weighted by molar-refractivity contribution is 0.0435. The molecule has 10 nitrogen and oxygen atoms in total.